The van der Waals surface area contributed by atoms with Crippen LogP contribution in [0.3, 0.4) is 0 Å². The first kappa shape index (κ1) is 36.7. The first-order chi connectivity index (χ1) is 16.8. The molecule has 0 saturated carbocycles. The van der Waals surface area contributed by atoms with Gasteiger partial charge in [0.1, 0.15) is 5.57 Å². The van der Waals surface area contributed by atoms with E-state index in [2.05, 4.69) is 4.74 Å². The molecule has 0 aliphatic carbocycles. The molecule has 0 amide bonds. The van der Waals surface area contributed by atoms with Crippen LogP contribution in [-0.4, -0.2) is 66.1 Å². The standard InChI is InChI=1S/C16H9F21O2/c1-2-3-39-7(38)5(6(17)18)4-8(19,20)9(21,22)10(23,24)11(25,26)12(27,28)13(29,30)14(31,32)15(33,34)16(35,36)37/h2-4H2,1H3. The Morgan fingerprint density at radius 1 is 0.538 bits per heavy atom. The van der Waals surface area contributed by atoms with Gasteiger partial charge in [0.15, 0.2) is 0 Å². The highest BCUT2D eigenvalue weighted by molar-refractivity contribution is 5.88. The number of esters is 1. The Kier molecular flexibility index (Phi) is 9.69. The van der Waals surface area contributed by atoms with Crippen molar-refractivity contribution in [2.45, 2.75) is 73.3 Å². The summed E-state index contributed by atoms with van der Waals surface area (Å²) in [5, 5.41) is 0. The molecule has 0 aliphatic rings. The number of ether oxygens (including phenoxy) is 1. The van der Waals surface area contributed by atoms with E-state index in [1.165, 1.54) is 0 Å². The van der Waals surface area contributed by atoms with Crippen molar-refractivity contribution >= 4 is 5.97 Å². The number of carbonyl (C=O) groups is 1. The highest BCUT2D eigenvalue weighted by atomic mass is 19.4. The molecule has 0 radical (unpaired) electrons. The molecule has 0 heterocycles. The van der Waals surface area contributed by atoms with Crippen molar-refractivity contribution in [3.63, 3.8) is 0 Å². The molecule has 0 unspecified atom stereocenters. The maximum absolute atomic E-state index is 13.8. The third-order valence-corrected chi connectivity index (χ3v) is 4.49. The zero-order chi connectivity index (χ0) is 32.1. The molecule has 0 fully saturated rings. The average Bonchev–Trinajstić information content (AvgIpc) is 2.73. The summed E-state index contributed by atoms with van der Waals surface area (Å²) in [6, 6.07) is 0. The molecule has 23 heteroatoms. The molecule has 232 valence electrons. The first-order valence-corrected chi connectivity index (χ1v) is 9.08. The quantitative estimate of drug-likeness (QED) is 0.124. The summed E-state index contributed by atoms with van der Waals surface area (Å²) in [4.78, 5) is 11.2. The van der Waals surface area contributed by atoms with Gasteiger partial charge >= 0.3 is 59.5 Å². The number of hydrogen-bond donors (Lipinski definition) is 0. The number of alkyl halides is 19. The van der Waals surface area contributed by atoms with Crippen LogP contribution in [0.5, 0.6) is 0 Å². The van der Waals surface area contributed by atoms with Crippen molar-refractivity contribution in [2.75, 3.05) is 6.61 Å². The lowest BCUT2D eigenvalue weighted by molar-refractivity contribution is -0.468. The van der Waals surface area contributed by atoms with Crippen LogP contribution in [-0.2, 0) is 9.53 Å². The van der Waals surface area contributed by atoms with Gasteiger partial charge in [-0.25, -0.2) is 4.79 Å². The summed E-state index contributed by atoms with van der Waals surface area (Å²) in [6.07, 6.45) is -15.8. The van der Waals surface area contributed by atoms with Gasteiger partial charge < -0.3 is 4.74 Å². The van der Waals surface area contributed by atoms with E-state index in [0.717, 1.165) is 6.92 Å². The summed E-state index contributed by atoms with van der Waals surface area (Å²) in [7, 11) is 0. The molecule has 0 bridgehead atoms. The van der Waals surface area contributed by atoms with Crippen LogP contribution in [0.15, 0.2) is 11.7 Å². The van der Waals surface area contributed by atoms with Gasteiger partial charge in [-0.1, -0.05) is 6.92 Å². The normalized spacial score (nSPS) is 15.3. The molecule has 0 atom stereocenters. The van der Waals surface area contributed by atoms with E-state index in [9.17, 15) is 97.0 Å². The fraction of sp³-hybridized carbons (Fsp3) is 0.812. The maximum atomic E-state index is 13.8. The summed E-state index contributed by atoms with van der Waals surface area (Å²) < 4.78 is 280. The van der Waals surface area contributed by atoms with E-state index < -0.39 is 84.2 Å². The van der Waals surface area contributed by atoms with E-state index in [-0.39, 0.29) is 6.42 Å². The number of hydrogen-bond acceptors (Lipinski definition) is 2. The predicted molar refractivity (Wildman–Crippen MR) is 80.7 cm³/mol. The van der Waals surface area contributed by atoms with Gasteiger partial charge in [-0.3, -0.25) is 0 Å². The van der Waals surface area contributed by atoms with Crippen LogP contribution in [0.4, 0.5) is 92.2 Å². The Morgan fingerprint density at radius 3 is 1.13 bits per heavy atom. The fourth-order valence-electron chi connectivity index (χ4n) is 2.22. The number of rotatable bonds is 12. The van der Waals surface area contributed by atoms with Gasteiger partial charge in [0.05, 0.1) is 13.0 Å². The zero-order valence-corrected chi connectivity index (χ0v) is 17.9. The van der Waals surface area contributed by atoms with Crippen molar-refractivity contribution in [2.24, 2.45) is 0 Å². The molecule has 0 N–H and O–H groups in total. The summed E-state index contributed by atoms with van der Waals surface area (Å²) >= 11 is 0. The summed E-state index contributed by atoms with van der Waals surface area (Å²) in [5.74, 6) is -71.7. The molecule has 0 aromatic heterocycles. The van der Waals surface area contributed by atoms with Gasteiger partial charge in [-0.2, -0.15) is 92.2 Å². The Bertz CT molecular complexity index is 925. The lowest BCUT2D eigenvalue weighted by Gasteiger charge is -2.43. The second kappa shape index (κ2) is 10.3. The van der Waals surface area contributed by atoms with Crippen LogP contribution in [0.2, 0.25) is 0 Å². The summed E-state index contributed by atoms with van der Waals surface area (Å²) in [5.41, 5.74) is -2.99. The maximum Gasteiger partial charge on any atom is 0.460 e. The van der Waals surface area contributed by atoms with Crippen molar-refractivity contribution in [3.05, 3.63) is 11.7 Å². The molecule has 0 aliphatic heterocycles. The molecule has 39 heavy (non-hydrogen) atoms. The van der Waals surface area contributed by atoms with Crippen LogP contribution < -0.4 is 0 Å². The number of carbonyl (C=O) groups excluding carboxylic acids is 1. The minimum Gasteiger partial charge on any atom is -0.462 e. The minimum atomic E-state index is -9.13. The van der Waals surface area contributed by atoms with E-state index >= 15 is 0 Å². The van der Waals surface area contributed by atoms with Gasteiger partial charge in [0.25, 0.3) is 6.08 Å². The van der Waals surface area contributed by atoms with Crippen molar-refractivity contribution in [1.82, 2.24) is 0 Å². The van der Waals surface area contributed by atoms with Crippen molar-refractivity contribution in [3.8, 4) is 0 Å². The summed E-state index contributed by atoms with van der Waals surface area (Å²) in [6.45, 7) is 0.155. The highest BCUT2D eigenvalue weighted by Gasteiger charge is 2.96. The van der Waals surface area contributed by atoms with Crippen molar-refractivity contribution < 1.29 is 102 Å². The van der Waals surface area contributed by atoms with Crippen LogP contribution in [0.1, 0.15) is 19.8 Å². The first-order valence-electron chi connectivity index (χ1n) is 9.08. The van der Waals surface area contributed by atoms with Gasteiger partial charge in [0.2, 0.25) is 0 Å². The van der Waals surface area contributed by atoms with Crippen molar-refractivity contribution in [1.29, 1.82) is 0 Å². The number of halogens is 21. The third kappa shape index (κ3) is 5.41. The SMILES string of the molecule is CCCOC(=O)C(CC(F)(F)C(F)(F)C(F)(F)C(F)(F)C(F)(F)C(F)(F)C(F)(F)C(F)(F)C(F)(F)F)=C(F)F. The fourth-order valence-corrected chi connectivity index (χ4v) is 2.22. The van der Waals surface area contributed by atoms with Crippen LogP contribution >= 0.6 is 0 Å². The Labute approximate surface area is 200 Å². The molecule has 0 saturated heterocycles. The molecule has 0 rings (SSSR count). The van der Waals surface area contributed by atoms with Crippen LogP contribution in [0, 0.1) is 0 Å². The van der Waals surface area contributed by atoms with E-state index in [1.807, 2.05) is 0 Å². The van der Waals surface area contributed by atoms with Gasteiger partial charge in [-0.15, -0.1) is 0 Å². The predicted octanol–water partition coefficient (Wildman–Crippen LogP) is 8.13. The average molecular weight is 632 g/mol. The molecule has 0 aromatic carbocycles. The van der Waals surface area contributed by atoms with Gasteiger partial charge in [0, 0.05) is 0 Å². The topological polar surface area (TPSA) is 26.3 Å². The largest absolute Gasteiger partial charge is 0.462 e. The lowest BCUT2D eigenvalue weighted by atomic mass is 9.86. The van der Waals surface area contributed by atoms with E-state index in [1.54, 1.807) is 0 Å². The van der Waals surface area contributed by atoms with Gasteiger partial charge in [-0.05, 0) is 6.42 Å². The van der Waals surface area contributed by atoms with Crippen LogP contribution in [0.25, 0.3) is 0 Å². The van der Waals surface area contributed by atoms with E-state index in [0.29, 0.717) is 0 Å². The third-order valence-electron chi connectivity index (χ3n) is 4.49. The smallest absolute Gasteiger partial charge is 0.460 e. The lowest BCUT2D eigenvalue weighted by Crippen LogP contribution is -2.75. The Morgan fingerprint density at radius 2 is 0.846 bits per heavy atom. The van der Waals surface area contributed by atoms with E-state index in [4.69, 9.17) is 0 Å². The molecular formula is C16H9F21O2. The highest BCUT2D eigenvalue weighted by Crippen LogP contribution is 2.65. The molecular weight excluding hydrogens is 623 g/mol. The second-order valence-corrected chi connectivity index (χ2v) is 7.27. The second-order valence-electron chi connectivity index (χ2n) is 7.27. The molecule has 2 nitrogen and oxygen atoms in total. The monoisotopic (exact) mass is 632 g/mol. The Balaban J connectivity index is 6.92. The molecule has 0 spiro atoms. The zero-order valence-electron chi connectivity index (χ0n) is 17.9. The minimum absolute atomic E-state index is 0.301. The Hall–Kier alpha value is -2.26. The molecule has 0 aromatic rings.